The monoisotopic (exact) mass is 396 g/mol. The number of imide groups is 1. The van der Waals surface area contributed by atoms with Gasteiger partial charge in [-0.1, -0.05) is 12.1 Å². The maximum atomic E-state index is 12.9. The smallest absolute Gasteiger partial charge is 0.255 e. The summed E-state index contributed by atoms with van der Waals surface area (Å²) in [7, 11) is 0. The van der Waals surface area contributed by atoms with Crippen molar-refractivity contribution in [3.63, 3.8) is 0 Å². The van der Waals surface area contributed by atoms with Crippen LogP contribution < -0.4 is 10.6 Å². The second-order valence-corrected chi connectivity index (χ2v) is 8.88. The molecule has 0 aliphatic carbocycles. The summed E-state index contributed by atoms with van der Waals surface area (Å²) in [6.45, 7) is 5.89. The molecule has 0 aromatic heterocycles. The first-order chi connectivity index (χ1) is 14.1. The first-order valence-corrected chi connectivity index (χ1v) is 10.8. The van der Waals surface area contributed by atoms with Crippen LogP contribution in [0.2, 0.25) is 0 Å². The molecule has 3 fully saturated rings. The Bertz CT molecular complexity index is 842. The molecule has 2 N–H and O–H groups in total. The maximum Gasteiger partial charge on any atom is 0.255 e. The Morgan fingerprint density at radius 3 is 2.55 bits per heavy atom. The highest BCUT2D eigenvalue weighted by molar-refractivity contribution is 6.05. The Morgan fingerprint density at radius 1 is 1.00 bits per heavy atom. The van der Waals surface area contributed by atoms with E-state index in [2.05, 4.69) is 21.6 Å². The Morgan fingerprint density at radius 2 is 1.79 bits per heavy atom. The van der Waals surface area contributed by atoms with Gasteiger partial charge in [-0.05, 0) is 61.4 Å². The molecule has 1 aromatic rings. The fourth-order valence-electron chi connectivity index (χ4n) is 5.39. The second kappa shape index (κ2) is 7.54. The number of nitrogens with zero attached hydrogens (tertiary/aromatic N) is 2. The molecule has 1 unspecified atom stereocenters. The number of benzene rings is 1. The summed E-state index contributed by atoms with van der Waals surface area (Å²) < 4.78 is 0. The van der Waals surface area contributed by atoms with Crippen LogP contribution in [0.15, 0.2) is 18.2 Å². The van der Waals surface area contributed by atoms with Gasteiger partial charge >= 0.3 is 0 Å². The van der Waals surface area contributed by atoms with Gasteiger partial charge in [0.1, 0.15) is 6.04 Å². The standard InChI is InChI=1S/C22H28N4O3/c27-20-5-4-19(21(28)24-20)26-13-18-15(2-1-3-17(18)22(26)29)10-25-11-16(12-25)14-6-8-23-9-7-14/h1-3,14,16,19,23H,4-13H2,(H,24,27,28). The Kier molecular flexibility index (Phi) is 4.87. The van der Waals surface area contributed by atoms with Crippen molar-refractivity contribution in [2.24, 2.45) is 11.8 Å². The molecule has 0 bridgehead atoms. The lowest BCUT2D eigenvalue weighted by Crippen LogP contribution is -2.52. The van der Waals surface area contributed by atoms with Gasteiger partial charge in [-0.15, -0.1) is 0 Å². The van der Waals surface area contributed by atoms with E-state index >= 15 is 0 Å². The van der Waals surface area contributed by atoms with E-state index < -0.39 is 6.04 Å². The van der Waals surface area contributed by atoms with E-state index in [0.29, 0.717) is 18.5 Å². The fraction of sp³-hybridized carbons (Fsp3) is 0.591. The van der Waals surface area contributed by atoms with Crippen LogP contribution in [0.4, 0.5) is 0 Å². The molecule has 29 heavy (non-hydrogen) atoms. The number of amides is 3. The lowest BCUT2D eigenvalue weighted by molar-refractivity contribution is -0.136. The topological polar surface area (TPSA) is 81.8 Å². The zero-order valence-electron chi connectivity index (χ0n) is 16.7. The van der Waals surface area contributed by atoms with E-state index in [9.17, 15) is 14.4 Å². The van der Waals surface area contributed by atoms with E-state index in [-0.39, 0.29) is 24.1 Å². The number of carbonyl (C=O) groups excluding carboxylic acids is 3. The summed E-state index contributed by atoms with van der Waals surface area (Å²) in [5.41, 5.74) is 2.95. The van der Waals surface area contributed by atoms with Crippen LogP contribution in [0.1, 0.15) is 47.2 Å². The number of carbonyl (C=O) groups is 3. The molecule has 0 radical (unpaired) electrons. The third-order valence-corrected chi connectivity index (χ3v) is 7.11. The van der Waals surface area contributed by atoms with Crippen LogP contribution in [0, 0.1) is 11.8 Å². The molecule has 5 rings (SSSR count). The Labute approximate surface area is 170 Å². The predicted octanol–water partition coefficient (Wildman–Crippen LogP) is 0.879. The molecule has 7 nitrogen and oxygen atoms in total. The van der Waals surface area contributed by atoms with E-state index in [1.165, 1.54) is 18.4 Å². The fourth-order valence-corrected chi connectivity index (χ4v) is 5.39. The third kappa shape index (κ3) is 3.46. The zero-order valence-corrected chi connectivity index (χ0v) is 16.7. The minimum atomic E-state index is -0.547. The van der Waals surface area contributed by atoms with Gasteiger partial charge in [-0.2, -0.15) is 0 Å². The first kappa shape index (κ1) is 18.8. The van der Waals surface area contributed by atoms with E-state index in [4.69, 9.17) is 0 Å². The van der Waals surface area contributed by atoms with Gasteiger partial charge in [0.05, 0.1) is 0 Å². The number of hydrogen-bond acceptors (Lipinski definition) is 5. The highest BCUT2D eigenvalue weighted by Crippen LogP contribution is 2.34. The van der Waals surface area contributed by atoms with Crippen molar-refractivity contribution in [1.82, 2.24) is 20.4 Å². The van der Waals surface area contributed by atoms with Crippen LogP contribution in [-0.4, -0.2) is 59.7 Å². The van der Waals surface area contributed by atoms with Crippen LogP contribution in [0.25, 0.3) is 0 Å². The zero-order chi connectivity index (χ0) is 20.0. The van der Waals surface area contributed by atoms with Crippen molar-refractivity contribution >= 4 is 17.7 Å². The molecule has 7 heteroatoms. The van der Waals surface area contributed by atoms with Crippen molar-refractivity contribution in [3.8, 4) is 0 Å². The largest absolute Gasteiger partial charge is 0.322 e. The molecule has 4 aliphatic heterocycles. The molecule has 3 amide bonds. The SMILES string of the molecule is O=C1CCC(N2Cc3c(CN4CC(C5CCNCC5)C4)cccc3C2=O)C(=O)N1. The number of hydrogen-bond donors (Lipinski definition) is 2. The Balaban J connectivity index is 1.25. The van der Waals surface area contributed by atoms with Gasteiger partial charge in [-0.25, -0.2) is 0 Å². The molecular formula is C22H28N4O3. The number of nitrogens with one attached hydrogen (secondary N) is 2. The summed E-state index contributed by atoms with van der Waals surface area (Å²) in [5, 5.41) is 5.81. The van der Waals surface area contributed by atoms with E-state index in [1.807, 2.05) is 12.1 Å². The highest BCUT2D eigenvalue weighted by Gasteiger charge is 2.40. The van der Waals surface area contributed by atoms with Gasteiger partial charge in [0, 0.05) is 38.2 Å². The summed E-state index contributed by atoms with van der Waals surface area (Å²) in [4.78, 5) is 40.8. The van der Waals surface area contributed by atoms with E-state index in [1.54, 1.807) is 4.90 Å². The first-order valence-electron chi connectivity index (χ1n) is 10.8. The summed E-state index contributed by atoms with van der Waals surface area (Å²) in [6, 6.07) is 5.37. The third-order valence-electron chi connectivity index (χ3n) is 7.11. The minimum absolute atomic E-state index is 0.0902. The molecule has 154 valence electrons. The van der Waals surface area contributed by atoms with Gasteiger partial charge in [0.25, 0.3) is 5.91 Å². The molecule has 3 saturated heterocycles. The summed E-state index contributed by atoms with van der Waals surface area (Å²) >= 11 is 0. The predicted molar refractivity (Wildman–Crippen MR) is 107 cm³/mol. The van der Waals surface area contributed by atoms with E-state index in [0.717, 1.165) is 50.1 Å². The average molecular weight is 396 g/mol. The van der Waals surface area contributed by atoms with Gasteiger partial charge in [0.2, 0.25) is 11.8 Å². The minimum Gasteiger partial charge on any atom is -0.322 e. The maximum absolute atomic E-state index is 12.9. The molecule has 0 spiro atoms. The molecular weight excluding hydrogens is 368 g/mol. The normalized spacial score (nSPS) is 26.4. The lowest BCUT2D eigenvalue weighted by atomic mass is 9.80. The molecule has 0 saturated carbocycles. The van der Waals surface area contributed by atoms with Crippen LogP contribution >= 0.6 is 0 Å². The van der Waals surface area contributed by atoms with Gasteiger partial charge in [-0.3, -0.25) is 24.6 Å². The number of rotatable bonds is 4. The Hall–Kier alpha value is -2.25. The molecule has 1 aromatic carbocycles. The van der Waals surface area contributed by atoms with Crippen LogP contribution in [0.3, 0.4) is 0 Å². The van der Waals surface area contributed by atoms with Crippen molar-refractivity contribution in [2.45, 2.75) is 44.8 Å². The van der Waals surface area contributed by atoms with Gasteiger partial charge < -0.3 is 10.2 Å². The van der Waals surface area contributed by atoms with Crippen LogP contribution in [-0.2, 0) is 22.7 Å². The van der Waals surface area contributed by atoms with Crippen molar-refractivity contribution in [1.29, 1.82) is 0 Å². The summed E-state index contributed by atoms with van der Waals surface area (Å²) in [6.07, 6.45) is 3.27. The van der Waals surface area contributed by atoms with Crippen molar-refractivity contribution in [2.75, 3.05) is 26.2 Å². The highest BCUT2D eigenvalue weighted by atomic mass is 16.2. The second-order valence-electron chi connectivity index (χ2n) is 8.88. The molecule has 4 heterocycles. The lowest BCUT2D eigenvalue weighted by Gasteiger charge is -2.45. The van der Waals surface area contributed by atoms with Crippen LogP contribution in [0.5, 0.6) is 0 Å². The number of piperidine rings is 2. The average Bonchev–Trinajstić information content (AvgIpc) is 3.02. The van der Waals surface area contributed by atoms with Crippen molar-refractivity contribution in [3.05, 3.63) is 34.9 Å². The summed E-state index contributed by atoms with van der Waals surface area (Å²) in [5.74, 6) is 0.954. The molecule has 1 atom stereocenters. The van der Waals surface area contributed by atoms with Gasteiger partial charge in [0.15, 0.2) is 0 Å². The molecule has 4 aliphatic rings. The number of fused-ring (bicyclic) bond motifs is 1. The number of likely N-dealkylation sites (tertiary alicyclic amines) is 1. The van der Waals surface area contributed by atoms with Crippen molar-refractivity contribution < 1.29 is 14.4 Å². The quantitative estimate of drug-likeness (QED) is 0.739.